The molecule has 0 saturated heterocycles. The van der Waals surface area contributed by atoms with Crippen molar-refractivity contribution in [2.45, 2.75) is 34.7 Å². The minimum absolute atomic E-state index is 0.0839. The number of carbonyl (C=O) groups excluding carboxylic acids is 1. The second-order valence-corrected chi connectivity index (χ2v) is 22.8. The molecule has 0 fully saturated rings. The number of nitrogens with one attached hydrogen (secondary N) is 4. The zero-order chi connectivity index (χ0) is 52.2. The largest absolute Gasteiger partial charge is 0.378 e. The van der Waals surface area contributed by atoms with E-state index in [1.165, 1.54) is 0 Å². The molecule has 402 valence electrons. The number of benzene rings is 4. The third-order valence-electron chi connectivity index (χ3n) is 12.0. The monoisotopic (exact) mass is 1130 g/mol. The Labute approximate surface area is 449 Å². The van der Waals surface area contributed by atoms with Gasteiger partial charge in [0.2, 0.25) is 26.0 Å². The fourth-order valence-electron chi connectivity index (χ4n) is 8.48. The summed E-state index contributed by atoms with van der Waals surface area (Å²) in [4.78, 5) is 16.8. The fourth-order valence-corrected chi connectivity index (χ4v) is 11.7. The highest BCUT2D eigenvalue weighted by Gasteiger charge is 2.30. The molecule has 4 N–H and O–H groups in total. The summed E-state index contributed by atoms with van der Waals surface area (Å²) >= 11 is 25.7. The lowest BCUT2D eigenvalue weighted by Gasteiger charge is -2.33. The number of sulfonamides is 2. The first-order chi connectivity index (χ1) is 35.1. The van der Waals surface area contributed by atoms with Crippen molar-refractivity contribution in [3.05, 3.63) is 126 Å². The molecule has 4 aromatic carbocycles. The lowest BCUT2D eigenvalue weighted by molar-refractivity contribution is -0.120. The molecule has 2 unspecified atom stereocenters. The maximum atomic E-state index is 13.1. The number of ether oxygens (including phenoxy) is 6. The van der Waals surface area contributed by atoms with E-state index in [4.69, 9.17) is 74.8 Å². The average molecular weight is 1130 g/mol. The Hall–Kier alpha value is -3.03. The maximum absolute atomic E-state index is 13.1. The summed E-state index contributed by atoms with van der Waals surface area (Å²) in [6.07, 6.45) is 0. The van der Waals surface area contributed by atoms with Crippen molar-refractivity contribution in [3.63, 3.8) is 0 Å². The quantitative estimate of drug-likeness (QED) is 0.0447. The number of amides is 1. The molecule has 2 heterocycles. The number of nitrogens with zero attached hydrogens (tertiary/aromatic N) is 2. The van der Waals surface area contributed by atoms with Crippen LogP contribution < -0.4 is 20.1 Å². The molecule has 1 amide bonds. The van der Waals surface area contributed by atoms with E-state index < -0.39 is 20.0 Å². The number of hydrogen-bond acceptors (Lipinski definition) is 14. The van der Waals surface area contributed by atoms with Gasteiger partial charge in [-0.05, 0) is 96.0 Å². The Morgan fingerprint density at radius 3 is 1.34 bits per heavy atom. The molecule has 0 spiro atoms. The summed E-state index contributed by atoms with van der Waals surface area (Å²) < 4.78 is 90.9. The van der Waals surface area contributed by atoms with Crippen molar-refractivity contribution >= 4 is 72.4 Å². The van der Waals surface area contributed by atoms with Gasteiger partial charge in [-0.3, -0.25) is 4.79 Å². The second-order valence-electron chi connectivity index (χ2n) is 17.6. The van der Waals surface area contributed by atoms with E-state index in [9.17, 15) is 21.6 Å². The summed E-state index contributed by atoms with van der Waals surface area (Å²) in [5.74, 6) is -0.336. The summed E-state index contributed by atoms with van der Waals surface area (Å²) in [6, 6.07) is 21.2. The summed E-state index contributed by atoms with van der Waals surface area (Å²) in [5.41, 5.74) is 5.72. The normalized spacial score (nSPS) is 16.4. The van der Waals surface area contributed by atoms with Crippen LogP contribution >= 0.6 is 46.4 Å². The summed E-state index contributed by atoms with van der Waals surface area (Å²) in [7, 11) is -3.54. The van der Waals surface area contributed by atoms with Crippen LogP contribution in [0.25, 0.3) is 0 Å². The van der Waals surface area contributed by atoms with Crippen LogP contribution in [0.1, 0.15) is 45.2 Å². The minimum atomic E-state index is -3.78. The van der Waals surface area contributed by atoms with Gasteiger partial charge in [-0.15, -0.1) is 0 Å². The lowest BCUT2D eigenvalue weighted by atomic mass is 9.85. The van der Waals surface area contributed by atoms with Crippen LogP contribution in [0.3, 0.4) is 0 Å². The first-order valence-corrected chi connectivity index (χ1v) is 28.5. The molecular formula is C50H66Cl4N6O11S2. The molecule has 4 aromatic rings. The molecular weight excluding hydrogens is 1070 g/mol. The van der Waals surface area contributed by atoms with Crippen molar-refractivity contribution in [3.8, 4) is 0 Å². The highest BCUT2D eigenvalue weighted by atomic mass is 35.5. The van der Waals surface area contributed by atoms with Gasteiger partial charge in [0.05, 0.1) is 95.6 Å². The van der Waals surface area contributed by atoms with Crippen molar-refractivity contribution < 1.29 is 50.1 Å². The Bertz CT molecular complexity index is 2640. The van der Waals surface area contributed by atoms with Gasteiger partial charge < -0.3 is 48.9 Å². The van der Waals surface area contributed by atoms with E-state index in [2.05, 4.69) is 29.9 Å². The Morgan fingerprint density at radius 2 is 0.918 bits per heavy atom. The van der Waals surface area contributed by atoms with Crippen molar-refractivity contribution in [1.82, 2.24) is 29.9 Å². The third kappa shape index (κ3) is 18.9. The molecule has 23 heteroatoms. The van der Waals surface area contributed by atoms with E-state index in [0.29, 0.717) is 119 Å². The summed E-state index contributed by atoms with van der Waals surface area (Å²) in [5, 5.41) is 8.09. The number of halogens is 4. The Kier molecular flexibility index (Phi) is 24.4. The second kappa shape index (κ2) is 30.1. The van der Waals surface area contributed by atoms with E-state index in [1.54, 1.807) is 48.5 Å². The topological polar surface area (TPSA) is 195 Å². The average Bonchev–Trinajstić information content (AvgIpc) is 3.35. The van der Waals surface area contributed by atoms with Crippen LogP contribution in [0.2, 0.25) is 20.1 Å². The van der Waals surface area contributed by atoms with Crippen LogP contribution in [0.15, 0.2) is 82.6 Å². The predicted octanol–water partition coefficient (Wildman–Crippen LogP) is 5.52. The smallest absolute Gasteiger partial charge is 0.240 e. The molecule has 17 nitrogen and oxygen atoms in total. The van der Waals surface area contributed by atoms with Gasteiger partial charge in [-0.2, -0.15) is 0 Å². The van der Waals surface area contributed by atoms with Gasteiger partial charge in [0.1, 0.15) is 0 Å². The first kappa shape index (κ1) is 59.2. The van der Waals surface area contributed by atoms with Crippen LogP contribution in [0.4, 0.5) is 0 Å². The highest BCUT2D eigenvalue weighted by molar-refractivity contribution is 7.89. The Balaban J connectivity index is 0.695. The van der Waals surface area contributed by atoms with Gasteiger partial charge >= 0.3 is 0 Å². The van der Waals surface area contributed by atoms with Crippen LogP contribution in [0, 0.1) is 0 Å². The van der Waals surface area contributed by atoms with Crippen molar-refractivity contribution in [2.75, 3.05) is 139 Å². The number of rotatable bonds is 32. The molecule has 2 atom stereocenters. The molecule has 0 aliphatic carbocycles. The van der Waals surface area contributed by atoms with Crippen LogP contribution in [-0.4, -0.2) is 172 Å². The van der Waals surface area contributed by atoms with Gasteiger partial charge in [0.25, 0.3) is 0 Å². The van der Waals surface area contributed by atoms with Gasteiger partial charge in [-0.25, -0.2) is 26.3 Å². The van der Waals surface area contributed by atoms with E-state index in [1.807, 2.05) is 38.4 Å². The molecule has 0 bridgehead atoms. The van der Waals surface area contributed by atoms with Gasteiger partial charge in [-0.1, -0.05) is 70.7 Å². The SMILES string of the molecule is CN1Cc2c(Cl)cc(Cl)cc2C(c2cccc(S(=O)(=O)NCCOCCOCCOCCNCC(=O)NCCOCCOCCOCCNS(=O)(=O)c3cccc(C4CN(C)Cc5c(Cl)cc(Cl)cc54)c3)c2)C1. The molecule has 2 aliphatic rings. The maximum Gasteiger partial charge on any atom is 0.240 e. The third-order valence-corrected chi connectivity index (χ3v) is 16.0. The number of hydrogen-bond donors (Lipinski definition) is 4. The molecule has 0 saturated carbocycles. The van der Waals surface area contributed by atoms with Gasteiger partial charge in [0.15, 0.2) is 0 Å². The molecule has 2 aliphatic heterocycles. The molecule has 73 heavy (non-hydrogen) atoms. The molecule has 0 radical (unpaired) electrons. The predicted molar refractivity (Wildman–Crippen MR) is 283 cm³/mol. The number of likely N-dealkylation sites (N-methyl/N-ethyl adjacent to an activating group) is 2. The van der Waals surface area contributed by atoms with Crippen LogP contribution in [-0.2, 0) is 66.4 Å². The van der Waals surface area contributed by atoms with Gasteiger partial charge in [0, 0.05) is 84.3 Å². The number of fused-ring (bicyclic) bond motifs is 2. The zero-order valence-corrected chi connectivity index (χ0v) is 45.8. The van der Waals surface area contributed by atoms with E-state index in [0.717, 1.165) is 33.4 Å². The number of carbonyl (C=O) groups is 1. The highest BCUT2D eigenvalue weighted by Crippen LogP contribution is 2.40. The standard InChI is InChI=1S/C50H66Cl4N6O11S2/c1-59-32-44(42-27-38(51)29-48(53)46(42)34-59)36-5-3-7-40(25-36)72(62,63)57-11-15-68-19-23-70-21-17-66-13-9-55-31-50(61)56-10-14-67-18-22-71-24-20-69-16-12-58-73(64,65)41-8-4-6-37(26-41)45-33-60(2)35-47-43(45)28-39(52)30-49(47)54/h3-8,25-30,44-45,55,57-58H,9-24,31-35H2,1-2H3,(H,56,61). The van der Waals surface area contributed by atoms with E-state index in [-0.39, 0.29) is 67.0 Å². The lowest BCUT2D eigenvalue weighted by Crippen LogP contribution is -2.37. The van der Waals surface area contributed by atoms with Crippen molar-refractivity contribution in [2.24, 2.45) is 0 Å². The Morgan fingerprint density at radius 1 is 0.534 bits per heavy atom. The summed E-state index contributed by atoms with van der Waals surface area (Å²) in [6.45, 7) is 7.65. The van der Waals surface area contributed by atoms with Crippen molar-refractivity contribution in [1.29, 1.82) is 0 Å². The minimum Gasteiger partial charge on any atom is -0.378 e. The van der Waals surface area contributed by atoms with E-state index >= 15 is 0 Å². The molecule has 6 rings (SSSR count). The van der Waals surface area contributed by atoms with Crippen LogP contribution in [0.5, 0.6) is 0 Å². The molecule has 0 aromatic heterocycles. The zero-order valence-electron chi connectivity index (χ0n) is 41.1. The fraction of sp³-hybridized carbons (Fsp3) is 0.500. The first-order valence-electron chi connectivity index (χ1n) is 24.1.